The molecule has 0 aliphatic heterocycles. The number of nitrogens with one attached hydrogen (secondary N) is 3. The second-order valence-corrected chi connectivity index (χ2v) is 7.33. The van der Waals surface area contributed by atoms with E-state index in [4.69, 9.17) is 0 Å². The van der Waals surface area contributed by atoms with Crippen LogP contribution in [-0.4, -0.2) is 25.2 Å². The molecule has 4 nitrogen and oxygen atoms in total. The summed E-state index contributed by atoms with van der Waals surface area (Å²) in [5.74, 6) is 0. The molecule has 0 heterocycles. The maximum Gasteiger partial charge on any atom is 0.315 e. The Hall–Kier alpha value is -2.07. The highest BCUT2D eigenvalue weighted by Gasteiger charge is 2.13. The number of amides is 2. The van der Waals surface area contributed by atoms with Crippen LogP contribution in [0.2, 0.25) is 0 Å². The van der Waals surface area contributed by atoms with Crippen molar-refractivity contribution in [2.75, 3.05) is 13.1 Å². The predicted octanol–water partition coefficient (Wildman–Crippen LogP) is 4.51. The van der Waals surface area contributed by atoms with Crippen LogP contribution in [0.3, 0.4) is 0 Å². The van der Waals surface area contributed by atoms with Gasteiger partial charge in [-0.25, -0.2) is 4.79 Å². The third kappa shape index (κ3) is 5.21. The highest BCUT2D eigenvalue weighted by Crippen LogP contribution is 2.23. The van der Waals surface area contributed by atoms with Gasteiger partial charge >= 0.3 is 6.03 Å². The predicted molar refractivity (Wildman–Crippen MR) is 108 cm³/mol. The van der Waals surface area contributed by atoms with Crippen molar-refractivity contribution in [2.24, 2.45) is 0 Å². The van der Waals surface area contributed by atoms with E-state index >= 15 is 0 Å². The zero-order valence-electron chi connectivity index (χ0n) is 15.8. The number of hydrogen-bond acceptors (Lipinski definition) is 2. The molecule has 1 atom stereocenters. The van der Waals surface area contributed by atoms with Crippen molar-refractivity contribution >= 4 is 16.8 Å². The first-order valence-corrected chi connectivity index (χ1v) is 9.99. The molecular formula is C22H31N3O. The monoisotopic (exact) mass is 353 g/mol. The van der Waals surface area contributed by atoms with E-state index < -0.39 is 0 Å². The fourth-order valence-electron chi connectivity index (χ4n) is 3.86. The topological polar surface area (TPSA) is 53.2 Å². The summed E-state index contributed by atoms with van der Waals surface area (Å²) in [6.07, 6.45) is 7.66. The Morgan fingerprint density at radius 3 is 2.65 bits per heavy atom. The minimum Gasteiger partial charge on any atom is -0.338 e. The van der Waals surface area contributed by atoms with E-state index in [1.165, 1.54) is 42.9 Å². The van der Waals surface area contributed by atoms with Crippen molar-refractivity contribution in [1.82, 2.24) is 16.0 Å². The zero-order valence-corrected chi connectivity index (χ0v) is 15.8. The lowest BCUT2D eigenvalue weighted by Crippen LogP contribution is -2.39. The first-order valence-electron chi connectivity index (χ1n) is 9.99. The quantitative estimate of drug-likeness (QED) is 0.641. The molecule has 1 fully saturated rings. The maximum atomic E-state index is 12.2. The van der Waals surface area contributed by atoms with Crippen LogP contribution in [0.25, 0.3) is 10.8 Å². The van der Waals surface area contributed by atoms with Gasteiger partial charge in [0, 0.05) is 12.6 Å². The molecule has 0 aromatic heterocycles. The van der Waals surface area contributed by atoms with E-state index in [1.807, 2.05) is 25.1 Å². The summed E-state index contributed by atoms with van der Waals surface area (Å²) < 4.78 is 0. The van der Waals surface area contributed by atoms with Gasteiger partial charge in [-0.1, -0.05) is 61.7 Å². The Morgan fingerprint density at radius 1 is 1.04 bits per heavy atom. The summed E-state index contributed by atoms with van der Waals surface area (Å²) in [6, 6.07) is 15.1. The highest BCUT2D eigenvalue weighted by atomic mass is 16.2. The zero-order chi connectivity index (χ0) is 18.2. The van der Waals surface area contributed by atoms with Crippen molar-refractivity contribution in [3.05, 3.63) is 48.0 Å². The number of rotatable bonds is 7. The van der Waals surface area contributed by atoms with Crippen LogP contribution >= 0.6 is 0 Å². The maximum absolute atomic E-state index is 12.2. The Morgan fingerprint density at radius 2 is 1.81 bits per heavy atom. The summed E-state index contributed by atoms with van der Waals surface area (Å²) in [4.78, 5) is 12.2. The first-order chi connectivity index (χ1) is 12.7. The van der Waals surface area contributed by atoms with Gasteiger partial charge in [-0.15, -0.1) is 0 Å². The molecule has 1 aliphatic carbocycles. The van der Waals surface area contributed by atoms with E-state index in [2.05, 4.69) is 40.2 Å². The summed E-state index contributed by atoms with van der Waals surface area (Å²) in [5, 5.41) is 12.0. The standard InChI is InChI=1S/C22H31N3O/c1-17(20-14-7-10-18-9-5-6-13-21(18)20)25-22(26)24-16-8-15-23-19-11-3-2-4-12-19/h5-7,9-10,13-14,17,19,23H,2-4,8,11-12,15-16H2,1H3,(H2,24,25,26). The number of fused-ring (bicyclic) bond motifs is 1. The average Bonchev–Trinajstić information content (AvgIpc) is 2.68. The third-order valence-corrected chi connectivity index (χ3v) is 5.31. The molecule has 4 heteroatoms. The molecule has 1 unspecified atom stereocenters. The first kappa shape index (κ1) is 18.7. The molecule has 140 valence electrons. The normalized spacial score (nSPS) is 16.3. The van der Waals surface area contributed by atoms with Crippen LogP contribution in [0.4, 0.5) is 4.79 Å². The molecule has 2 aromatic rings. The Bertz CT molecular complexity index is 704. The molecule has 1 saturated carbocycles. The Kier molecular flexibility index (Phi) is 6.89. The highest BCUT2D eigenvalue weighted by molar-refractivity contribution is 5.86. The van der Waals surface area contributed by atoms with Crippen molar-refractivity contribution in [2.45, 2.75) is 57.5 Å². The van der Waals surface area contributed by atoms with Gasteiger partial charge in [0.15, 0.2) is 0 Å². The van der Waals surface area contributed by atoms with Gasteiger partial charge in [-0.2, -0.15) is 0 Å². The second-order valence-electron chi connectivity index (χ2n) is 7.33. The van der Waals surface area contributed by atoms with Crippen LogP contribution < -0.4 is 16.0 Å². The van der Waals surface area contributed by atoms with Gasteiger partial charge in [0.2, 0.25) is 0 Å². The lowest BCUT2D eigenvalue weighted by Gasteiger charge is -2.22. The van der Waals surface area contributed by atoms with E-state index in [1.54, 1.807) is 0 Å². The Labute approximate surface area is 156 Å². The lowest BCUT2D eigenvalue weighted by molar-refractivity contribution is 0.237. The van der Waals surface area contributed by atoms with E-state index in [9.17, 15) is 4.79 Å². The second kappa shape index (κ2) is 9.58. The summed E-state index contributed by atoms with van der Waals surface area (Å²) in [6.45, 7) is 3.71. The van der Waals surface area contributed by atoms with Crippen LogP contribution in [-0.2, 0) is 0 Å². The minimum atomic E-state index is -0.0944. The fourth-order valence-corrected chi connectivity index (χ4v) is 3.86. The van der Waals surface area contributed by atoms with Crippen molar-refractivity contribution in [1.29, 1.82) is 0 Å². The largest absolute Gasteiger partial charge is 0.338 e. The van der Waals surface area contributed by atoms with Gasteiger partial charge < -0.3 is 16.0 Å². The Balaban J connectivity index is 1.40. The fraction of sp³-hybridized carbons (Fsp3) is 0.500. The van der Waals surface area contributed by atoms with Gasteiger partial charge in [-0.05, 0) is 49.1 Å². The van der Waals surface area contributed by atoms with Gasteiger partial charge in [0.1, 0.15) is 0 Å². The summed E-state index contributed by atoms with van der Waals surface area (Å²) in [7, 11) is 0. The number of carbonyl (C=O) groups excluding carboxylic acids is 1. The van der Waals surface area contributed by atoms with E-state index in [0.717, 1.165) is 18.5 Å². The molecule has 3 rings (SSSR count). The van der Waals surface area contributed by atoms with Gasteiger partial charge in [-0.3, -0.25) is 0 Å². The lowest BCUT2D eigenvalue weighted by atomic mass is 9.95. The molecule has 0 radical (unpaired) electrons. The summed E-state index contributed by atoms with van der Waals surface area (Å²) >= 11 is 0. The third-order valence-electron chi connectivity index (χ3n) is 5.31. The number of urea groups is 1. The van der Waals surface area contributed by atoms with Crippen LogP contribution in [0.1, 0.15) is 57.1 Å². The number of carbonyl (C=O) groups is 1. The van der Waals surface area contributed by atoms with Gasteiger partial charge in [0.25, 0.3) is 0 Å². The van der Waals surface area contributed by atoms with Crippen LogP contribution in [0, 0.1) is 0 Å². The molecular weight excluding hydrogens is 322 g/mol. The van der Waals surface area contributed by atoms with Crippen molar-refractivity contribution in [3.63, 3.8) is 0 Å². The summed E-state index contributed by atoms with van der Waals surface area (Å²) in [5.41, 5.74) is 1.15. The van der Waals surface area contributed by atoms with Crippen LogP contribution in [0.5, 0.6) is 0 Å². The molecule has 0 saturated heterocycles. The van der Waals surface area contributed by atoms with Crippen molar-refractivity contribution < 1.29 is 4.79 Å². The van der Waals surface area contributed by atoms with Gasteiger partial charge in [0.05, 0.1) is 6.04 Å². The molecule has 0 bridgehead atoms. The molecule has 3 N–H and O–H groups in total. The average molecular weight is 354 g/mol. The number of hydrogen-bond donors (Lipinski definition) is 3. The van der Waals surface area contributed by atoms with Crippen molar-refractivity contribution in [3.8, 4) is 0 Å². The minimum absolute atomic E-state index is 0.0264. The molecule has 1 aliphatic rings. The number of benzene rings is 2. The molecule has 2 aromatic carbocycles. The van der Waals surface area contributed by atoms with Crippen LogP contribution in [0.15, 0.2) is 42.5 Å². The molecule has 2 amide bonds. The molecule has 26 heavy (non-hydrogen) atoms. The van der Waals surface area contributed by atoms with E-state index in [0.29, 0.717) is 12.6 Å². The molecule has 0 spiro atoms. The SMILES string of the molecule is CC(NC(=O)NCCCNC1CCCCC1)c1cccc2ccccc12. The smallest absolute Gasteiger partial charge is 0.315 e. The van der Waals surface area contributed by atoms with E-state index in [-0.39, 0.29) is 12.1 Å².